The summed E-state index contributed by atoms with van der Waals surface area (Å²) in [6.07, 6.45) is 0. The number of halogens is 1. The lowest BCUT2D eigenvalue weighted by molar-refractivity contribution is -0.0667. The van der Waals surface area contributed by atoms with E-state index in [0.29, 0.717) is 6.54 Å². The van der Waals surface area contributed by atoms with Gasteiger partial charge >= 0.3 is 0 Å². The summed E-state index contributed by atoms with van der Waals surface area (Å²) in [6.45, 7) is 10.5. The fraction of sp³-hybridized carbons (Fsp3) is 0.562. The minimum absolute atomic E-state index is 0. The molecule has 1 aliphatic heterocycles. The van der Waals surface area contributed by atoms with Crippen LogP contribution in [-0.2, 0) is 16.6 Å². The predicted octanol–water partition coefficient (Wildman–Crippen LogP) is 2.15. The molecule has 0 amide bonds. The van der Waals surface area contributed by atoms with Crippen LogP contribution in [0.15, 0.2) is 34.2 Å². The Morgan fingerprint density at radius 1 is 1.25 bits per heavy atom. The lowest BCUT2D eigenvalue weighted by atomic mass is 9.65. The van der Waals surface area contributed by atoms with Crippen molar-refractivity contribution >= 4 is 40.0 Å². The van der Waals surface area contributed by atoms with Crippen LogP contribution < -0.4 is 10.5 Å². The molecule has 0 aliphatic carbocycles. The van der Waals surface area contributed by atoms with E-state index in [0.717, 1.165) is 18.1 Å². The third-order valence-electron chi connectivity index (χ3n) is 5.05. The van der Waals surface area contributed by atoms with Gasteiger partial charge in [-0.25, -0.2) is 13.6 Å². The van der Waals surface area contributed by atoms with Gasteiger partial charge in [-0.05, 0) is 31.5 Å². The highest BCUT2D eigenvalue weighted by atomic mass is 127. The summed E-state index contributed by atoms with van der Waals surface area (Å²) in [5.41, 5.74) is 1.24. The van der Waals surface area contributed by atoms with Crippen LogP contribution in [0, 0.1) is 5.41 Å². The van der Waals surface area contributed by atoms with Crippen molar-refractivity contribution in [1.82, 2.24) is 10.2 Å². The number of likely N-dealkylation sites (tertiary alicyclic amines) is 1. The Kier molecular flexibility index (Phi) is 6.32. The van der Waals surface area contributed by atoms with Crippen molar-refractivity contribution in [2.75, 3.05) is 13.6 Å². The molecule has 8 heteroatoms. The Labute approximate surface area is 162 Å². The van der Waals surface area contributed by atoms with E-state index in [1.165, 1.54) is 12.1 Å². The number of hydrogen-bond donors (Lipinski definition) is 2. The largest absolute Gasteiger partial charge is 0.352 e. The molecule has 2 rings (SSSR count). The average Bonchev–Trinajstić information content (AvgIpc) is 2.46. The second kappa shape index (κ2) is 7.17. The quantitative estimate of drug-likeness (QED) is 0.406. The van der Waals surface area contributed by atoms with Crippen molar-refractivity contribution in [1.29, 1.82) is 0 Å². The first-order chi connectivity index (χ1) is 10.5. The van der Waals surface area contributed by atoms with E-state index in [4.69, 9.17) is 5.14 Å². The van der Waals surface area contributed by atoms with Gasteiger partial charge in [0, 0.05) is 31.1 Å². The van der Waals surface area contributed by atoms with Crippen molar-refractivity contribution in [3.63, 3.8) is 0 Å². The van der Waals surface area contributed by atoms with Crippen molar-refractivity contribution in [2.45, 2.75) is 44.7 Å². The average molecular weight is 466 g/mol. The van der Waals surface area contributed by atoms with Gasteiger partial charge in [0.05, 0.1) is 4.90 Å². The van der Waals surface area contributed by atoms with Crippen LogP contribution in [0.2, 0.25) is 0 Å². The Bertz CT molecular complexity index is 712. The molecule has 0 aromatic heterocycles. The van der Waals surface area contributed by atoms with Gasteiger partial charge in [-0.2, -0.15) is 0 Å². The van der Waals surface area contributed by atoms with Gasteiger partial charge in [0.2, 0.25) is 10.0 Å². The standard InChI is InChI=1S/C16H26N4O2S.HI/c1-15(2)11-20(16(15,3)4)14(18-5)19-10-12-6-8-13(9-7-12)23(17,21)22;/h6-9H,10-11H2,1-5H3,(H,18,19)(H2,17,21,22);1H. The van der Waals surface area contributed by atoms with E-state index in [1.807, 2.05) is 0 Å². The molecule has 1 heterocycles. The highest BCUT2D eigenvalue weighted by molar-refractivity contribution is 14.0. The molecule has 6 nitrogen and oxygen atoms in total. The molecule has 0 bridgehead atoms. The van der Waals surface area contributed by atoms with Gasteiger partial charge in [-0.3, -0.25) is 4.99 Å². The molecular formula is C16H27IN4O2S. The van der Waals surface area contributed by atoms with Gasteiger partial charge in [-0.15, -0.1) is 24.0 Å². The SMILES string of the molecule is CN=C(NCc1ccc(S(N)(=O)=O)cc1)N1CC(C)(C)C1(C)C.I. The van der Waals surface area contributed by atoms with Gasteiger partial charge in [0.25, 0.3) is 0 Å². The van der Waals surface area contributed by atoms with E-state index in [2.05, 4.69) is 42.9 Å². The van der Waals surface area contributed by atoms with Crippen molar-refractivity contribution < 1.29 is 8.42 Å². The highest BCUT2D eigenvalue weighted by Gasteiger charge is 2.53. The zero-order valence-corrected chi connectivity index (χ0v) is 18.0. The number of sulfonamides is 1. The zero-order chi connectivity index (χ0) is 17.5. The lowest BCUT2D eigenvalue weighted by Crippen LogP contribution is -2.72. The molecule has 0 spiro atoms. The first-order valence-corrected chi connectivity index (χ1v) is 9.14. The normalized spacial score (nSPS) is 19.2. The maximum absolute atomic E-state index is 11.3. The predicted molar refractivity (Wildman–Crippen MR) is 108 cm³/mol. The molecule has 0 radical (unpaired) electrons. The highest BCUT2D eigenvalue weighted by Crippen LogP contribution is 2.46. The van der Waals surface area contributed by atoms with Crippen LogP contribution in [0.25, 0.3) is 0 Å². The van der Waals surface area contributed by atoms with Crippen LogP contribution in [0.4, 0.5) is 0 Å². The molecule has 3 N–H and O–H groups in total. The number of hydrogen-bond acceptors (Lipinski definition) is 3. The van der Waals surface area contributed by atoms with Crippen LogP contribution >= 0.6 is 24.0 Å². The maximum atomic E-state index is 11.3. The third-order valence-corrected chi connectivity index (χ3v) is 5.98. The molecule has 136 valence electrons. The summed E-state index contributed by atoms with van der Waals surface area (Å²) >= 11 is 0. The monoisotopic (exact) mass is 466 g/mol. The van der Waals surface area contributed by atoms with Gasteiger partial charge in [0.15, 0.2) is 5.96 Å². The summed E-state index contributed by atoms with van der Waals surface area (Å²) in [5, 5.41) is 8.44. The number of aliphatic imine (C=N–C) groups is 1. The van der Waals surface area contributed by atoms with Gasteiger partial charge in [-0.1, -0.05) is 26.0 Å². The van der Waals surface area contributed by atoms with Crippen LogP contribution in [0.5, 0.6) is 0 Å². The van der Waals surface area contributed by atoms with E-state index >= 15 is 0 Å². The fourth-order valence-electron chi connectivity index (χ4n) is 2.67. The van der Waals surface area contributed by atoms with Crippen LogP contribution in [0.1, 0.15) is 33.3 Å². The summed E-state index contributed by atoms with van der Waals surface area (Å²) in [5.74, 6) is 0.852. The fourth-order valence-corrected chi connectivity index (χ4v) is 3.19. The number of nitrogens with zero attached hydrogens (tertiary/aromatic N) is 2. The molecule has 24 heavy (non-hydrogen) atoms. The number of rotatable bonds is 3. The summed E-state index contributed by atoms with van der Waals surface area (Å²) < 4.78 is 22.5. The number of primary sulfonamides is 1. The van der Waals surface area contributed by atoms with E-state index in [1.54, 1.807) is 19.2 Å². The minimum Gasteiger partial charge on any atom is -0.352 e. The Morgan fingerprint density at radius 2 is 1.79 bits per heavy atom. The van der Waals surface area contributed by atoms with Crippen LogP contribution in [0.3, 0.4) is 0 Å². The first kappa shape index (κ1) is 21.2. The number of benzene rings is 1. The van der Waals surface area contributed by atoms with Gasteiger partial charge in [0.1, 0.15) is 0 Å². The molecule has 0 unspecified atom stereocenters. The summed E-state index contributed by atoms with van der Waals surface area (Å²) in [4.78, 5) is 6.74. The Morgan fingerprint density at radius 3 is 2.17 bits per heavy atom. The smallest absolute Gasteiger partial charge is 0.238 e. The lowest BCUT2D eigenvalue weighted by Gasteiger charge is -2.62. The Balaban J connectivity index is 0.00000288. The number of guanidine groups is 1. The first-order valence-electron chi connectivity index (χ1n) is 7.59. The summed E-state index contributed by atoms with van der Waals surface area (Å²) in [6, 6.07) is 6.55. The minimum atomic E-state index is -3.64. The molecule has 1 fully saturated rings. The van der Waals surface area contributed by atoms with Gasteiger partial charge < -0.3 is 10.2 Å². The molecule has 1 aliphatic rings. The van der Waals surface area contributed by atoms with Crippen molar-refractivity contribution in [3.8, 4) is 0 Å². The molecule has 0 atom stereocenters. The summed E-state index contributed by atoms with van der Waals surface area (Å²) in [7, 11) is -1.87. The second-order valence-electron chi connectivity index (χ2n) is 7.12. The molecule has 0 saturated carbocycles. The second-order valence-corrected chi connectivity index (χ2v) is 8.68. The van der Waals surface area contributed by atoms with E-state index in [9.17, 15) is 8.42 Å². The third kappa shape index (κ3) is 4.02. The van der Waals surface area contributed by atoms with Crippen molar-refractivity contribution in [3.05, 3.63) is 29.8 Å². The molecule has 1 aromatic rings. The number of nitrogens with one attached hydrogen (secondary N) is 1. The molecular weight excluding hydrogens is 439 g/mol. The van der Waals surface area contributed by atoms with E-state index in [-0.39, 0.29) is 39.8 Å². The number of nitrogens with two attached hydrogens (primary N) is 1. The Hall–Kier alpha value is -0.870. The molecule has 1 aromatic carbocycles. The van der Waals surface area contributed by atoms with E-state index < -0.39 is 10.0 Å². The maximum Gasteiger partial charge on any atom is 0.238 e. The molecule has 1 saturated heterocycles. The van der Waals surface area contributed by atoms with Crippen molar-refractivity contribution in [2.24, 2.45) is 15.5 Å². The zero-order valence-electron chi connectivity index (χ0n) is 14.8. The van der Waals surface area contributed by atoms with Crippen LogP contribution in [-0.4, -0.2) is 38.4 Å². The topological polar surface area (TPSA) is 87.8 Å².